The summed E-state index contributed by atoms with van der Waals surface area (Å²) in [6.45, 7) is 6.98. The Bertz CT molecular complexity index is 1300. The molecule has 0 bridgehead atoms. The predicted molar refractivity (Wildman–Crippen MR) is 126 cm³/mol. The number of halogens is 4. The van der Waals surface area contributed by atoms with Gasteiger partial charge in [-0.05, 0) is 60.4 Å². The number of alkyl halides is 3. The van der Waals surface area contributed by atoms with Gasteiger partial charge in [-0.25, -0.2) is 17.5 Å². The number of aryl methyl sites for hydroxylation is 1. The summed E-state index contributed by atoms with van der Waals surface area (Å²) in [7, 11) is -4.49. The van der Waals surface area contributed by atoms with Gasteiger partial charge < -0.3 is 0 Å². The number of sulfonamides is 1. The Balaban J connectivity index is 1.72. The van der Waals surface area contributed by atoms with E-state index in [1.807, 2.05) is 32.9 Å². The summed E-state index contributed by atoms with van der Waals surface area (Å²) >= 11 is 0. The van der Waals surface area contributed by atoms with Crippen molar-refractivity contribution < 1.29 is 26.0 Å². The first-order valence-corrected chi connectivity index (χ1v) is 13.0. The Kier molecular flexibility index (Phi) is 6.96. The zero-order valence-electron chi connectivity index (χ0n) is 19.8. The summed E-state index contributed by atoms with van der Waals surface area (Å²) in [6, 6.07) is 9.41. The van der Waals surface area contributed by atoms with E-state index < -0.39 is 28.0 Å². The van der Waals surface area contributed by atoms with Crippen LogP contribution in [0.1, 0.15) is 31.0 Å². The number of hydrogen-bond donors (Lipinski definition) is 0. The third-order valence-corrected chi connectivity index (χ3v) is 7.99. The first-order chi connectivity index (χ1) is 16.3. The Labute approximate surface area is 202 Å². The Morgan fingerprint density at radius 3 is 2.43 bits per heavy atom. The van der Waals surface area contributed by atoms with Crippen LogP contribution in [0.2, 0.25) is 0 Å². The van der Waals surface area contributed by atoms with Crippen molar-refractivity contribution in [2.75, 3.05) is 31.9 Å². The Hall–Kier alpha value is -2.50. The molecule has 0 amide bonds. The van der Waals surface area contributed by atoms with E-state index in [-0.39, 0.29) is 18.9 Å². The van der Waals surface area contributed by atoms with Crippen LogP contribution in [0.25, 0.3) is 16.6 Å². The summed E-state index contributed by atoms with van der Waals surface area (Å²) in [5, 5.41) is 5.23. The fraction of sp³-hybridized carbons (Fsp3) is 0.458. The molecule has 1 aromatic heterocycles. The monoisotopic (exact) mass is 512 g/mol. The van der Waals surface area contributed by atoms with Gasteiger partial charge >= 0.3 is 6.18 Å². The lowest BCUT2D eigenvalue weighted by molar-refractivity contribution is -0.107. The van der Waals surface area contributed by atoms with Crippen molar-refractivity contribution in [1.29, 1.82) is 0 Å². The van der Waals surface area contributed by atoms with Crippen molar-refractivity contribution in [3.05, 3.63) is 59.5 Å². The van der Waals surface area contributed by atoms with E-state index >= 15 is 0 Å². The van der Waals surface area contributed by atoms with Gasteiger partial charge in [-0.15, -0.1) is 0 Å². The van der Waals surface area contributed by atoms with Crippen molar-refractivity contribution in [2.24, 2.45) is 5.92 Å². The van der Waals surface area contributed by atoms with E-state index in [9.17, 15) is 26.0 Å². The maximum atomic E-state index is 13.4. The maximum absolute atomic E-state index is 13.4. The van der Waals surface area contributed by atoms with Crippen molar-refractivity contribution in [2.45, 2.75) is 33.0 Å². The van der Waals surface area contributed by atoms with Crippen molar-refractivity contribution in [1.82, 2.24) is 19.0 Å². The Morgan fingerprint density at radius 2 is 1.80 bits per heavy atom. The van der Waals surface area contributed by atoms with Gasteiger partial charge in [-0.3, -0.25) is 4.90 Å². The lowest BCUT2D eigenvalue weighted by Gasteiger charge is -2.42. The molecule has 11 heteroatoms. The molecule has 0 aliphatic carbocycles. The van der Waals surface area contributed by atoms with Crippen LogP contribution in [-0.4, -0.2) is 65.5 Å². The molecule has 4 rings (SSSR count). The van der Waals surface area contributed by atoms with E-state index in [1.54, 1.807) is 23.0 Å². The van der Waals surface area contributed by atoms with Crippen LogP contribution in [-0.2, 0) is 10.0 Å². The summed E-state index contributed by atoms with van der Waals surface area (Å²) in [5.41, 5.74) is 3.21. The molecular weight excluding hydrogens is 484 g/mol. The van der Waals surface area contributed by atoms with Crippen LogP contribution < -0.4 is 0 Å². The lowest BCUT2D eigenvalue weighted by Crippen LogP contribution is -2.52. The molecule has 35 heavy (non-hydrogen) atoms. The van der Waals surface area contributed by atoms with Crippen LogP contribution in [0, 0.1) is 18.7 Å². The third-order valence-electron chi connectivity index (χ3n) is 6.18. The van der Waals surface area contributed by atoms with Crippen molar-refractivity contribution >= 4 is 20.9 Å². The summed E-state index contributed by atoms with van der Waals surface area (Å²) in [6.07, 6.45) is -3.12. The van der Waals surface area contributed by atoms with Crippen LogP contribution >= 0.6 is 0 Å². The molecular formula is C24H28F4N4O2S. The number of benzene rings is 2. The average molecular weight is 513 g/mol. The van der Waals surface area contributed by atoms with E-state index in [4.69, 9.17) is 0 Å². The fourth-order valence-corrected chi connectivity index (χ4v) is 6.00. The van der Waals surface area contributed by atoms with Gasteiger partial charge in [0.05, 0.1) is 17.4 Å². The van der Waals surface area contributed by atoms with Crippen LogP contribution in [0.3, 0.4) is 0 Å². The number of aromatic nitrogens is 2. The molecule has 1 aliphatic heterocycles. The van der Waals surface area contributed by atoms with Gasteiger partial charge in [0.1, 0.15) is 5.82 Å². The maximum Gasteiger partial charge on any atom is 0.404 e. The summed E-state index contributed by atoms with van der Waals surface area (Å²) in [4.78, 5) is 2.14. The van der Waals surface area contributed by atoms with Gasteiger partial charge in [0.2, 0.25) is 10.0 Å². The van der Waals surface area contributed by atoms with E-state index in [1.165, 1.54) is 12.1 Å². The van der Waals surface area contributed by atoms with Crippen LogP contribution in [0.15, 0.2) is 42.6 Å². The minimum atomic E-state index is -4.80. The highest BCUT2D eigenvalue weighted by atomic mass is 32.2. The average Bonchev–Trinajstić information content (AvgIpc) is 3.14. The molecule has 6 nitrogen and oxygen atoms in total. The fourth-order valence-electron chi connectivity index (χ4n) is 4.67. The highest BCUT2D eigenvalue weighted by molar-refractivity contribution is 7.89. The van der Waals surface area contributed by atoms with E-state index in [0.717, 1.165) is 26.3 Å². The minimum Gasteiger partial charge on any atom is -0.293 e. The number of hydrogen-bond acceptors (Lipinski definition) is 4. The SMILES string of the molecule is Cc1cc2c(cnn2-c2ccc(F)cc2)cc1[C@@H]1CN(S(=O)(=O)CC(F)(F)F)CCN1CC(C)C. The molecule has 1 atom stereocenters. The first kappa shape index (κ1) is 25.6. The molecule has 1 saturated heterocycles. The van der Waals surface area contributed by atoms with Crippen LogP contribution in [0.4, 0.5) is 17.6 Å². The molecule has 0 radical (unpaired) electrons. The molecule has 0 saturated carbocycles. The van der Waals surface area contributed by atoms with Gasteiger partial charge in [-0.1, -0.05) is 13.8 Å². The van der Waals surface area contributed by atoms with E-state index in [2.05, 4.69) is 10.00 Å². The van der Waals surface area contributed by atoms with Crippen molar-refractivity contribution in [3.63, 3.8) is 0 Å². The number of rotatable bonds is 6. The highest BCUT2D eigenvalue weighted by Crippen LogP contribution is 2.34. The van der Waals surface area contributed by atoms with Gasteiger partial charge in [-0.2, -0.15) is 22.6 Å². The van der Waals surface area contributed by atoms with Crippen LogP contribution in [0.5, 0.6) is 0 Å². The van der Waals surface area contributed by atoms with Gasteiger partial charge in [0.15, 0.2) is 5.75 Å². The first-order valence-electron chi connectivity index (χ1n) is 11.4. The van der Waals surface area contributed by atoms with Gasteiger partial charge in [0, 0.05) is 37.6 Å². The summed E-state index contributed by atoms with van der Waals surface area (Å²) in [5.74, 6) is -1.92. The second-order valence-corrected chi connectivity index (χ2v) is 11.4. The minimum absolute atomic E-state index is 0.0193. The normalized spacial score (nSPS) is 18.6. The number of nitrogens with zero attached hydrogens (tertiary/aromatic N) is 4. The highest BCUT2D eigenvalue weighted by Gasteiger charge is 2.41. The van der Waals surface area contributed by atoms with Crippen molar-refractivity contribution in [3.8, 4) is 5.69 Å². The van der Waals surface area contributed by atoms with Gasteiger partial charge in [0.25, 0.3) is 0 Å². The summed E-state index contributed by atoms with van der Waals surface area (Å²) < 4.78 is 79.9. The van der Waals surface area contributed by atoms with E-state index in [0.29, 0.717) is 24.7 Å². The molecule has 2 aromatic carbocycles. The molecule has 190 valence electrons. The third kappa shape index (κ3) is 5.68. The second kappa shape index (κ2) is 9.51. The predicted octanol–water partition coefficient (Wildman–Crippen LogP) is 4.68. The largest absolute Gasteiger partial charge is 0.404 e. The smallest absolute Gasteiger partial charge is 0.293 e. The lowest BCUT2D eigenvalue weighted by atomic mass is 9.96. The molecule has 0 N–H and O–H groups in total. The number of piperazine rings is 1. The zero-order valence-corrected chi connectivity index (χ0v) is 20.6. The number of fused-ring (bicyclic) bond motifs is 1. The standard InChI is InChI=1S/C24H28F4N4O2S/c1-16(2)13-30-8-9-31(35(33,34)15-24(26,27)28)14-23(30)21-11-18-12-29-32(22(18)10-17(21)3)20-6-4-19(25)5-7-20/h4-7,10-12,16,23H,8-9,13-15H2,1-3H3/t23-/m0/s1. The quantitative estimate of drug-likeness (QED) is 0.450. The topological polar surface area (TPSA) is 58.4 Å². The molecule has 0 spiro atoms. The molecule has 0 unspecified atom stereocenters. The molecule has 2 heterocycles. The zero-order chi connectivity index (χ0) is 25.5. The molecule has 1 fully saturated rings. The molecule has 3 aromatic rings. The molecule has 1 aliphatic rings. The second-order valence-electron chi connectivity index (χ2n) is 9.43. The Morgan fingerprint density at radius 1 is 1.11 bits per heavy atom.